The van der Waals surface area contributed by atoms with Gasteiger partial charge in [0, 0.05) is 25.7 Å². The number of aryl methyl sites for hydroxylation is 1. The molecule has 0 bridgehead atoms. The highest BCUT2D eigenvalue weighted by Gasteiger charge is 2.39. The molecule has 1 aromatic rings. The fourth-order valence-electron chi connectivity index (χ4n) is 5.43. The second kappa shape index (κ2) is 11.4. The Morgan fingerprint density at radius 2 is 1.84 bits per heavy atom. The molecule has 1 amide bonds. The first-order chi connectivity index (χ1) is 17.5. The number of carbonyl (C=O) groups is 1. The topological polar surface area (TPSA) is 97.8 Å². The maximum Gasteiger partial charge on any atom is 0.433 e. The van der Waals surface area contributed by atoms with Crippen molar-refractivity contribution in [3.63, 3.8) is 0 Å². The van der Waals surface area contributed by atoms with Crippen molar-refractivity contribution in [3.8, 4) is 5.88 Å². The van der Waals surface area contributed by atoms with Crippen molar-refractivity contribution in [1.29, 1.82) is 0 Å². The van der Waals surface area contributed by atoms with Gasteiger partial charge >= 0.3 is 6.18 Å². The van der Waals surface area contributed by atoms with Gasteiger partial charge in [-0.15, -0.1) is 0 Å². The second-order valence-corrected chi connectivity index (χ2v) is 12.8. The summed E-state index contributed by atoms with van der Waals surface area (Å²) in [6.07, 6.45) is -0.256. The molecule has 1 saturated heterocycles. The first kappa shape index (κ1) is 28.1. The van der Waals surface area contributed by atoms with Gasteiger partial charge in [-0.1, -0.05) is 0 Å². The van der Waals surface area contributed by atoms with Crippen LogP contribution in [0.5, 0.6) is 5.88 Å². The van der Waals surface area contributed by atoms with E-state index in [2.05, 4.69) is 15.2 Å². The van der Waals surface area contributed by atoms with Crippen molar-refractivity contribution >= 4 is 15.7 Å². The van der Waals surface area contributed by atoms with Crippen molar-refractivity contribution < 1.29 is 35.9 Å². The quantitative estimate of drug-likeness (QED) is 0.507. The number of aromatic nitrogens is 1. The lowest BCUT2D eigenvalue weighted by molar-refractivity contribution is -0.141. The molecule has 1 unspecified atom stereocenters. The van der Waals surface area contributed by atoms with Crippen LogP contribution in [0.15, 0.2) is 6.07 Å². The summed E-state index contributed by atoms with van der Waals surface area (Å²) in [6, 6.07) is 0.550. The number of morpholine rings is 1. The maximum absolute atomic E-state index is 13.4. The molecule has 1 aromatic heterocycles. The van der Waals surface area contributed by atoms with Crippen LogP contribution in [0.25, 0.3) is 0 Å². The number of methoxy groups -OCH3 is 1. The fourth-order valence-corrected chi connectivity index (χ4v) is 7.68. The highest BCUT2D eigenvalue weighted by atomic mass is 32.2. The number of amides is 1. The molecule has 8 nitrogen and oxygen atoms in total. The van der Waals surface area contributed by atoms with Crippen LogP contribution in [0.4, 0.5) is 13.2 Å². The number of hydrogen-bond donors (Lipinski definition) is 1. The minimum Gasteiger partial charge on any atom is -0.480 e. The summed E-state index contributed by atoms with van der Waals surface area (Å²) in [7, 11) is -1.94. The molecule has 37 heavy (non-hydrogen) atoms. The molecule has 3 aliphatic rings. The predicted octanol–water partition coefficient (Wildman–Crippen LogP) is 3.23. The largest absolute Gasteiger partial charge is 0.480 e. The molecule has 2 saturated carbocycles. The Balaban J connectivity index is 1.50. The number of sulfone groups is 1. The van der Waals surface area contributed by atoms with E-state index in [1.54, 1.807) is 0 Å². The zero-order valence-corrected chi connectivity index (χ0v) is 22.2. The summed E-state index contributed by atoms with van der Waals surface area (Å²) in [5, 5.41) is 2.71. The molecular formula is C25H36F3N3O5S. The highest BCUT2D eigenvalue weighted by molar-refractivity contribution is 7.92. The summed E-state index contributed by atoms with van der Waals surface area (Å²) in [5.74, 6) is -0.280. The van der Waals surface area contributed by atoms with Gasteiger partial charge < -0.3 is 14.8 Å². The van der Waals surface area contributed by atoms with Crippen molar-refractivity contribution in [2.24, 2.45) is 11.8 Å². The van der Waals surface area contributed by atoms with E-state index in [9.17, 15) is 26.4 Å². The van der Waals surface area contributed by atoms with Crippen LogP contribution in [0.1, 0.15) is 60.1 Å². The third-order valence-corrected chi connectivity index (χ3v) is 10.2. The van der Waals surface area contributed by atoms with Crippen molar-refractivity contribution in [1.82, 2.24) is 15.2 Å². The lowest BCUT2D eigenvalue weighted by atomic mass is 9.83. The summed E-state index contributed by atoms with van der Waals surface area (Å²) >= 11 is 0. The van der Waals surface area contributed by atoms with Gasteiger partial charge in [0.25, 0.3) is 5.91 Å². The Labute approximate surface area is 216 Å². The van der Waals surface area contributed by atoms with Gasteiger partial charge in [0.15, 0.2) is 9.84 Å². The standard InChI is InChI=1S/C25H36F3N3O5S/c1-16-13-21(25(26,27)28)30-24(35-2)22(16)23(32)29-20(14-31-9-11-36-12-10-31)18-5-7-19(8-6-18)37(33,34)15-17-3-4-17/h13,17-20H,3-12,14-15H2,1-2H3,(H,29,32). The molecule has 3 fully saturated rings. The summed E-state index contributed by atoms with van der Waals surface area (Å²) in [5.41, 5.74) is -1.02. The van der Waals surface area contributed by atoms with Crippen LogP contribution >= 0.6 is 0 Å². The van der Waals surface area contributed by atoms with Crippen LogP contribution in [0.3, 0.4) is 0 Å². The zero-order chi connectivity index (χ0) is 26.8. The summed E-state index contributed by atoms with van der Waals surface area (Å²) in [4.78, 5) is 19.1. The Hall–Kier alpha value is -1.92. The van der Waals surface area contributed by atoms with Crippen LogP contribution in [-0.2, 0) is 20.8 Å². The minimum atomic E-state index is -4.66. The third-order valence-electron chi connectivity index (χ3n) is 7.73. The molecule has 0 spiro atoms. The average molecular weight is 548 g/mol. The molecule has 1 aliphatic heterocycles. The molecule has 208 valence electrons. The van der Waals surface area contributed by atoms with Gasteiger partial charge in [0.2, 0.25) is 5.88 Å². The van der Waals surface area contributed by atoms with Crippen molar-refractivity contribution in [3.05, 3.63) is 22.9 Å². The minimum absolute atomic E-state index is 0.0248. The lowest BCUT2D eigenvalue weighted by Crippen LogP contribution is -2.51. The third kappa shape index (κ3) is 7.14. The molecule has 0 radical (unpaired) electrons. The number of nitrogens with zero attached hydrogens (tertiary/aromatic N) is 2. The van der Waals surface area contributed by atoms with Gasteiger partial charge in [0.1, 0.15) is 11.3 Å². The fraction of sp³-hybridized carbons (Fsp3) is 0.760. The van der Waals surface area contributed by atoms with E-state index in [4.69, 9.17) is 9.47 Å². The monoisotopic (exact) mass is 547 g/mol. The summed E-state index contributed by atoms with van der Waals surface area (Å²) < 4.78 is 75.9. The van der Waals surface area contributed by atoms with Gasteiger partial charge in [-0.3, -0.25) is 9.69 Å². The van der Waals surface area contributed by atoms with Crippen LogP contribution < -0.4 is 10.1 Å². The number of pyridine rings is 1. The lowest BCUT2D eigenvalue weighted by Gasteiger charge is -2.38. The molecule has 2 aliphatic carbocycles. The van der Waals surface area contributed by atoms with Gasteiger partial charge in [-0.05, 0) is 68.9 Å². The number of rotatable bonds is 9. The van der Waals surface area contributed by atoms with E-state index in [1.807, 2.05) is 0 Å². The molecule has 4 rings (SSSR count). The zero-order valence-electron chi connectivity index (χ0n) is 21.3. The number of halogens is 3. The van der Waals surface area contributed by atoms with Gasteiger partial charge in [-0.2, -0.15) is 13.2 Å². The normalized spacial score (nSPS) is 24.5. The smallest absolute Gasteiger partial charge is 0.433 e. The van der Waals surface area contributed by atoms with Crippen molar-refractivity contribution in [2.45, 2.75) is 62.9 Å². The SMILES string of the molecule is COc1nc(C(F)(F)F)cc(C)c1C(=O)NC(CN1CCOCC1)C1CCC(S(=O)(=O)CC2CC2)CC1. The molecule has 12 heteroatoms. The molecule has 0 aromatic carbocycles. The summed E-state index contributed by atoms with van der Waals surface area (Å²) in [6.45, 7) is 4.57. The highest BCUT2D eigenvalue weighted by Crippen LogP contribution is 2.37. The van der Waals surface area contributed by atoms with E-state index < -0.39 is 27.6 Å². The molecule has 1 atom stereocenters. The number of alkyl halides is 3. The Kier molecular flexibility index (Phi) is 8.69. The molecule has 1 N–H and O–H groups in total. The average Bonchev–Trinajstić information content (AvgIpc) is 3.66. The van der Waals surface area contributed by atoms with E-state index in [0.29, 0.717) is 64.4 Å². The van der Waals surface area contributed by atoms with E-state index in [-0.39, 0.29) is 40.0 Å². The predicted molar refractivity (Wildman–Crippen MR) is 131 cm³/mol. The van der Waals surface area contributed by atoms with Crippen molar-refractivity contribution in [2.75, 3.05) is 45.7 Å². The number of carbonyl (C=O) groups excluding carboxylic acids is 1. The van der Waals surface area contributed by atoms with Gasteiger partial charge in [0.05, 0.1) is 31.3 Å². The van der Waals surface area contributed by atoms with Crippen LogP contribution in [0.2, 0.25) is 0 Å². The van der Waals surface area contributed by atoms with Crippen LogP contribution in [-0.4, -0.2) is 81.2 Å². The Bertz CT molecular complexity index is 1060. The Morgan fingerprint density at radius 1 is 1.19 bits per heavy atom. The maximum atomic E-state index is 13.4. The van der Waals surface area contributed by atoms with Gasteiger partial charge in [-0.25, -0.2) is 13.4 Å². The number of hydrogen-bond acceptors (Lipinski definition) is 7. The second-order valence-electron chi connectivity index (χ2n) is 10.5. The first-order valence-corrected chi connectivity index (χ1v) is 14.6. The Morgan fingerprint density at radius 3 is 2.41 bits per heavy atom. The number of nitrogens with one attached hydrogen (secondary N) is 1. The van der Waals surface area contributed by atoms with E-state index >= 15 is 0 Å². The molecule has 2 heterocycles. The van der Waals surface area contributed by atoms with E-state index in [1.165, 1.54) is 14.0 Å². The van der Waals surface area contributed by atoms with E-state index in [0.717, 1.165) is 18.9 Å². The number of ether oxygens (including phenoxy) is 2. The van der Waals surface area contributed by atoms with Crippen LogP contribution in [0, 0.1) is 18.8 Å². The first-order valence-electron chi connectivity index (χ1n) is 12.9. The molecular weight excluding hydrogens is 511 g/mol.